The molecule has 1 atom stereocenters. The predicted molar refractivity (Wildman–Crippen MR) is 58.2 cm³/mol. The van der Waals surface area contributed by atoms with Gasteiger partial charge in [0.25, 0.3) is 0 Å². The smallest absolute Gasteiger partial charge is 0.120 e. The minimum absolute atomic E-state index is 0.494. The zero-order valence-electron chi connectivity index (χ0n) is 7.20. The second kappa shape index (κ2) is 3.93. The van der Waals surface area contributed by atoms with Gasteiger partial charge in [0.15, 0.2) is 0 Å². The Kier molecular flexibility index (Phi) is 2.84. The molecule has 0 bridgehead atoms. The fraction of sp³-hybridized carbons (Fsp3) is 0.500. The van der Waals surface area contributed by atoms with Gasteiger partial charge >= 0.3 is 0 Å². The van der Waals surface area contributed by atoms with E-state index in [0.29, 0.717) is 12.3 Å². The molecule has 1 heterocycles. The minimum Gasteiger partial charge on any atom is -0.303 e. The van der Waals surface area contributed by atoms with Gasteiger partial charge in [-0.2, -0.15) is 0 Å². The van der Waals surface area contributed by atoms with E-state index in [1.807, 2.05) is 0 Å². The number of carbonyl (C=O) groups is 1. The lowest BCUT2D eigenvalue weighted by Crippen LogP contribution is -1.99. The first-order valence-electron chi connectivity index (χ1n) is 4.50. The number of hydrogen-bond acceptors (Lipinski definition) is 2. The quantitative estimate of drug-likeness (QED) is 0.755. The Morgan fingerprint density at radius 1 is 1.62 bits per heavy atom. The predicted octanol–water partition coefficient (Wildman–Crippen LogP) is 3.59. The van der Waals surface area contributed by atoms with E-state index in [4.69, 9.17) is 0 Å². The van der Waals surface area contributed by atoms with E-state index in [2.05, 4.69) is 28.1 Å². The summed E-state index contributed by atoms with van der Waals surface area (Å²) in [5.74, 6) is 1.27. The van der Waals surface area contributed by atoms with Crippen LogP contribution in [0.3, 0.4) is 0 Å². The van der Waals surface area contributed by atoms with Crippen molar-refractivity contribution in [3.05, 3.63) is 20.8 Å². The summed E-state index contributed by atoms with van der Waals surface area (Å²) in [7, 11) is 0. The van der Waals surface area contributed by atoms with Gasteiger partial charge in [0.2, 0.25) is 0 Å². The van der Waals surface area contributed by atoms with Gasteiger partial charge < -0.3 is 4.79 Å². The molecule has 1 aromatic rings. The van der Waals surface area contributed by atoms with Crippen LogP contribution in [0.25, 0.3) is 0 Å². The summed E-state index contributed by atoms with van der Waals surface area (Å²) in [6, 6.07) is 4.21. The third-order valence-corrected chi connectivity index (χ3v) is 4.26. The lowest BCUT2D eigenvalue weighted by molar-refractivity contribution is -0.108. The molecule has 0 spiro atoms. The Morgan fingerprint density at radius 2 is 2.38 bits per heavy atom. The Morgan fingerprint density at radius 3 is 2.85 bits per heavy atom. The van der Waals surface area contributed by atoms with Crippen molar-refractivity contribution >= 4 is 33.6 Å². The topological polar surface area (TPSA) is 17.1 Å². The molecule has 0 aliphatic heterocycles. The van der Waals surface area contributed by atoms with Gasteiger partial charge in [0.05, 0.1) is 3.79 Å². The second-order valence-electron chi connectivity index (χ2n) is 3.49. The van der Waals surface area contributed by atoms with E-state index in [9.17, 15) is 4.79 Å². The van der Waals surface area contributed by atoms with Crippen LogP contribution < -0.4 is 0 Å². The van der Waals surface area contributed by atoms with Gasteiger partial charge in [-0.3, -0.25) is 0 Å². The van der Waals surface area contributed by atoms with E-state index >= 15 is 0 Å². The molecule has 70 valence electrons. The van der Waals surface area contributed by atoms with Crippen molar-refractivity contribution in [1.82, 2.24) is 0 Å². The van der Waals surface area contributed by atoms with Crippen molar-refractivity contribution in [2.24, 2.45) is 5.92 Å². The first kappa shape index (κ1) is 9.41. The van der Waals surface area contributed by atoms with Crippen molar-refractivity contribution in [2.45, 2.75) is 25.2 Å². The summed E-state index contributed by atoms with van der Waals surface area (Å²) in [4.78, 5) is 11.9. The molecule has 1 fully saturated rings. The number of carbonyl (C=O) groups excluding carboxylic acids is 1. The molecule has 1 saturated carbocycles. The fourth-order valence-electron chi connectivity index (χ4n) is 1.67. The highest BCUT2D eigenvalue weighted by molar-refractivity contribution is 9.11. The van der Waals surface area contributed by atoms with Gasteiger partial charge in [-0.05, 0) is 46.8 Å². The fourth-order valence-corrected chi connectivity index (χ4v) is 3.30. The lowest BCUT2D eigenvalue weighted by Gasteiger charge is -2.09. The summed E-state index contributed by atoms with van der Waals surface area (Å²) < 4.78 is 1.17. The maximum absolute atomic E-state index is 10.5. The van der Waals surface area contributed by atoms with E-state index in [-0.39, 0.29) is 0 Å². The molecule has 3 heteroatoms. The summed E-state index contributed by atoms with van der Waals surface area (Å²) >= 11 is 5.21. The van der Waals surface area contributed by atoms with E-state index in [1.165, 1.54) is 21.5 Å². The molecule has 13 heavy (non-hydrogen) atoms. The van der Waals surface area contributed by atoms with Crippen LogP contribution in [0.15, 0.2) is 15.9 Å². The van der Waals surface area contributed by atoms with Crippen LogP contribution in [0, 0.1) is 5.92 Å². The van der Waals surface area contributed by atoms with Gasteiger partial charge in [0, 0.05) is 17.2 Å². The van der Waals surface area contributed by atoms with E-state index in [1.54, 1.807) is 11.3 Å². The van der Waals surface area contributed by atoms with Crippen LogP contribution in [0.1, 0.15) is 30.1 Å². The molecule has 2 rings (SSSR count). The van der Waals surface area contributed by atoms with E-state index in [0.717, 1.165) is 12.2 Å². The van der Waals surface area contributed by atoms with Gasteiger partial charge in [-0.25, -0.2) is 0 Å². The number of aldehydes is 1. The highest BCUT2D eigenvalue weighted by Crippen LogP contribution is 2.46. The summed E-state index contributed by atoms with van der Waals surface area (Å²) in [5, 5.41) is 0. The summed E-state index contributed by atoms with van der Waals surface area (Å²) in [6.07, 6.45) is 4.34. The molecule has 1 aliphatic carbocycles. The Balaban J connectivity index is 2.14. The monoisotopic (exact) mass is 258 g/mol. The zero-order chi connectivity index (χ0) is 9.26. The van der Waals surface area contributed by atoms with Crippen LogP contribution >= 0.6 is 27.3 Å². The van der Waals surface area contributed by atoms with Gasteiger partial charge in [0.1, 0.15) is 6.29 Å². The molecule has 1 aromatic heterocycles. The maximum atomic E-state index is 10.5. The molecule has 1 aliphatic rings. The standard InChI is InChI=1S/C10H11BrOS/c11-10-4-3-9(13-10)8(5-6-12)7-1-2-7/h3-4,6-8H,1-2,5H2. The highest BCUT2D eigenvalue weighted by atomic mass is 79.9. The highest BCUT2D eigenvalue weighted by Gasteiger charge is 2.32. The normalized spacial score (nSPS) is 18.5. The third kappa shape index (κ3) is 2.20. The van der Waals surface area contributed by atoms with Crippen molar-refractivity contribution < 1.29 is 4.79 Å². The molecule has 1 unspecified atom stereocenters. The van der Waals surface area contributed by atoms with Crippen LogP contribution in [-0.4, -0.2) is 6.29 Å². The molecule has 0 aromatic carbocycles. The van der Waals surface area contributed by atoms with Crippen molar-refractivity contribution in [1.29, 1.82) is 0 Å². The molecular weight excluding hydrogens is 248 g/mol. The molecule has 1 nitrogen and oxygen atoms in total. The van der Waals surface area contributed by atoms with Crippen LogP contribution in [0.2, 0.25) is 0 Å². The minimum atomic E-state index is 0.494. The van der Waals surface area contributed by atoms with Crippen molar-refractivity contribution in [2.75, 3.05) is 0 Å². The third-order valence-electron chi connectivity index (χ3n) is 2.50. The number of thiophene rings is 1. The summed E-state index contributed by atoms with van der Waals surface area (Å²) in [6.45, 7) is 0. The molecular formula is C10H11BrOS. The van der Waals surface area contributed by atoms with E-state index < -0.39 is 0 Å². The largest absolute Gasteiger partial charge is 0.303 e. The molecule has 0 amide bonds. The van der Waals surface area contributed by atoms with Crippen LogP contribution in [0.4, 0.5) is 0 Å². The number of hydrogen-bond donors (Lipinski definition) is 0. The Labute approximate surface area is 90.3 Å². The lowest BCUT2D eigenvalue weighted by atomic mass is 9.99. The maximum Gasteiger partial charge on any atom is 0.120 e. The second-order valence-corrected chi connectivity index (χ2v) is 5.98. The molecule has 0 N–H and O–H groups in total. The first-order valence-corrected chi connectivity index (χ1v) is 6.11. The van der Waals surface area contributed by atoms with Gasteiger partial charge in [-0.1, -0.05) is 0 Å². The number of halogens is 1. The van der Waals surface area contributed by atoms with Crippen LogP contribution in [0.5, 0.6) is 0 Å². The molecule has 0 saturated heterocycles. The first-order chi connectivity index (χ1) is 6.31. The SMILES string of the molecule is O=CCC(c1ccc(Br)s1)C1CC1. The Hall–Kier alpha value is -0.150. The van der Waals surface area contributed by atoms with Crippen LogP contribution in [-0.2, 0) is 4.79 Å². The zero-order valence-corrected chi connectivity index (χ0v) is 9.61. The average Bonchev–Trinajstić information content (AvgIpc) is 2.85. The molecule has 0 radical (unpaired) electrons. The Bertz CT molecular complexity index is 304. The van der Waals surface area contributed by atoms with Gasteiger partial charge in [-0.15, -0.1) is 11.3 Å². The van der Waals surface area contributed by atoms with Crippen molar-refractivity contribution in [3.63, 3.8) is 0 Å². The summed E-state index contributed by atoms with van der Waals surface area (Å²) in [5.41, 5.74) is 0. The number of rotatable bonds is 4. The average molecular weight is 259 g/mol. The van der Waals surface area contributed by atoms with Crippen molar-refractivity contribution in [3.8, 4) is 0 Å².